The fourth-order valence-corrected chi connectivity index (χ4v) is 3.67. The third-order valence-electron chi connectivity index (χ3n) is 4.61. The summed E-state index contributed by atoms with van der Waals surface area (Å²) in [5, 5.41) is 3.75. The van der Waals surface area contributed by atoms with Crippen LogP contribution in [0.15, 0.2) is 0 Å². The van der Waals surface area contributed by atoms with Gasteiger partial charge in [0.05, 0.1) is 0 Å². The molecule has 2 bridgehead atoms. The predicted molar refractivity (Wildman–Crippen MR) is 78.0 cm³/mol. The van der Waals surface area contributed by atoms with Gasteiger partial charge in [0.25, 0.3) is 0 Å². The molecular weight excluding hydrogens is 222 g/mol. The molecule has 0 aliphatic carbocycles. The number of hydrogen-bond acceptors (Lipinski definition) is 3. The van der Waals surface area contributed by atoms with Crippen LogP contribution in [-0.4, -0.2) is 61.7 Å². The minimum absolute atomic E-state index is 0.788. The van der Waals surface area contributed by atoms with Gasteiger partial charge in [0.1, 0.15) is 0 Å². The molecule has 2 aliphatic heterocycles. The van der Waals surface area contributed by atoms with Crippen LogP contribution in [0.1, 0.15) is 45.4 Å². The number of nitrogens with zero attached hydrogens (tertiary/aromatic N) is 2. The highest BCUT2D eigenvalue weighted by molar-refractivity contribution is 4.95. The minimum Gasteiger partial charge on any atom is -0.314 e. The van der Waals surface area contributed by atoms with Crippen LogP contribution in [0.2, 0.25) is 0 Å². The molecule has 0 spiro atoms. The van der Waals surface area contributed by atoms with Crippen molar-refractivity contribution in [2.75, 3.05) is 33.7 Å². The molecule has 3 heteroatoms. The number of rotatable bonds is 6. The van der Waals surface area contributed by atoms with Crippen LogP contribution in [0, 0.1) is 0 Å². The molecule has 0 aromatic rings. The maximum absolute atomic E-state index is 3.75. The van der Waals surface area contributed by atoms with Gasteiger partial charge in [0, 0.05) is 31.2 Å². The molecule has 3 nitrogen and oxygen atoms in total. The standard InChI is InChI=1S/C15H31N3/c1-4-8-16-13-11-14-6-5-7-15(12-13)18(14)10-9-17(2)3/h13-16H,4-12H2,1-3H3. The molecule has 2 atom stereocenters. The first-order chi connectivity index (χ1) is 8.70. The zero-order valence-corrected chi connectivity index (χ0v) is 12.5. The SMILES string of the molecule is CCCNC1CC2CCCC(C1)N2CCN(C)C. The highest BCUT2D eigenvalue weighted by atomic mass is 15.2. The third kappa shape index (κ3) is 3.69. The molecule has 0 aromatic carbocycles. The van der Waals surface area contributed by atoms with Gasteiger partial charge in [-0.15, -0.1) is 0 Å². The quantitative estimate of drug-likeness (QED) is 0.780. The fraction of sp³-hybridized carbons (Fsp3) is 1.00. The van der Waals surface area contributed by atoms with Gasteiger partial charge < -0.3 is 10.2 Å². The van der Waals surface area contributed by atoms with E-state index in [1.54, 1.807) is 0 Å². The van der Waals surface area contributed by atoms with Crippen molar-refractivity contribution in [3.8, 4) is 0 Å². The second kappa shape index (κ2) is 6.88. The minimum atomic E-state index is 0.788. The monoisotopic (exact) mass is 253 g/mol. The Hall–Kier alpha value is -0.120. The van der Waals surface area contributed by atoms with Gasteiger partial charge in [-0.25, -0.2) is 0 Å². The largest absolute Gasteiger partial charge is 0.314 e. The van der Waals surface area contributed by atoms with E-state index in [2.05, 4.69) is 36.1 Å². The van der Waals surface area contributed by atoms with Crippen molar-refractivity contribution in [2.24, 2.45) is 0 Å². The van der Waals surface area contributed by atoms with Crippen LogP contribution in [-0.2, 0) is 0 Å². The van der Waals surface area contributed by atoms with Crippen LogP contribution in [0.4, 0.5) is 0 Å². The van der Waals surface area contributed by atoms with Crippen LogP contribution < -0.4 is 5.32 Å². The van der Waals surface area contributed by atoms with Crippen molar-refractivity contribution in [1.82, 2.24) is 15.1 Å². The van der Waals surface area contributed by atoms with E-state index in [1.807, 2.05) is 0 Å². The lowest BCUT2D eigenvalue weighted by Gasteiger charge is -2.49. The second-order valence-corrected chi connectivity index (χ2v) is 6.40. The number of piperidine rings is 2. The van der Waals surface area contributed by atoms with Crippen LogP contribution in [0.3, 0.4) is 0 Å². The number of fused-ring (bicyclic) bond motifs is 2. The topological polar surface area (TPSA) is 18.5 Å². The first-order valence-corrected chi connectivity index (χ1v) is 7.84. The summed E-state index contributed by atoms with van der Waals surface area (Å²) in [5.74, 6) is 0. The van der Waals surface area contributed by atoms with Crippen LogP contribution in [0.25, 0.3) is 0 Å². The molecule has 2 unspecified atom stereocenters. The summed E-state index contributed by atoms with van der Waals surface area (Å²) in [5.41, 5.74) is 0. The molecule has 106 valence electrons. The average molecular weight is 253 g/mol. The molecule has 0 amide bonds. The van der Waals surface area contributed by atoms with Crippen molar-refractivity contribution in [1.29, 1.82) is 0 Å². The fourth-order valence-electron chi connectivity index (χ4n) is 3.67. The Morgan fingerprint density at radius 3 is 2.39 bits per heavy atom. The smallest absolute Gasteiger partial charge is 0.0115 e. The van der Waals surface area contributed by atoms with Gasteiger partial charge in [-0.05, 0) is 52.7 Å². The van der Waals surface area contributed by atoms with E-state index in [0.717, 1.165) is 18.1 Å². The van der Waals surface area contributed by atoms with Gasteiger partial charge >= 0.3 is 0 Å². The molecule has 2 heterocycles. The molecule has 2 fully saturated rings. The highest BCUT2D eigenvalue weighted by Crippen LogP contribution is 2.33. The molecule has 2 aliphatic rings. The zero-order valence-electron chi connectivity index (χ0n) is 12.5. The molecule has 2 saturated heterocycles. The number of nitrogens with one attached hydrogen (secondary N) is 1. The Morgan fingerprint density at radius 2 is 1.83 bits per heavy atom. The summed E-state index contributed by atoms with van der Waals surface area (Å²) in [6, 6.07) is 2.49. The predicted octanol–water partition coefficient (Wildman–Crippen LogP) is 1.93. The van der Waals surface area contributed by atoms with Crippen LogP contribution >= 0.6 is 0 Å². The molecule has 0 radical (unpaired) electrons. The molecule has 1 N–H and O–H groups in total. The van der Waals surface area contributed by atoms with Gasteiger partial charge in [0.15, 0.2) is 0 Å². The maximum atomic E-state index is 3.75. The summed E-state index contributed by atoms with van der Waals surface area (Å²) in [6.45, 7) is 5.94. The maximum Gasteiger partial charge on any atom is 0.0115 e. The van der Waals surface area contributed by atoms with Gasteiger partial charge in [0.2, 0.25) is 0 Å². The van der Waals surface area contributed by atoms with Gasteiger partial charge in [-0.1, -0.05) is 13.3 Å². The summed E-state index contributed by atoms with van der Waals surface area (Å²) in [4.78, 5) is 5.13. The van der Waals surface area contributed by atoms with Gasteiger partial charge in [-0.2, -0.15) is 0 Å². The van der Waals surface area contributed by atoms with Crippen LogP contribution in [0.5, 0.6) is 0 Å². The Balaban J connectivity index is 1.86. The lowest BCUT2D eigenvalue weighted by Crippen LogP contribution is -2.57. The normalized spacial score (nSPS) is 33.0. The van der Waals surface area contributed by atoms with Gasteiger partial charge in [-0.3, -0.25) is 4.90 Å². The number of hydrogen-bond donors (Lipinski definition) is 1. The lowest BCUT2D eigenvalue weighted by atomic mass is 9.81. The van der Waals surface area contributed by atoms with Crippen molar-refractivity contribution < 1.29 is 0 Å². The van der Waals surface area contributed by atoms with Crippen molar-refractivity contribution >= 4 is 0 Å². The second-order valence-electron chi connectivity index (χ2n) is 6.40. The average Bonchev–Trinajstić information content (AvgIpc) is 2.33. The van der Waals surface area contributed by atoms with E-state index >= 15 is 0 Å². The first-order valence-electron chi connectivity index (χ1n) is 7.84. The highest BCUT2D eigenvalue weighted by Gasteiger charge is 2.37. The molecule has 0 saturated carbocycles. The molecule has 0 aromatic heterocycles. The summed E-state index contributed by atoms with van der Waals surface area (Å²) in [6.07, 6.45) is 8.32. The van der Waals surface area contributed by atoms with E-state index in [-0.39, 0.29) is 0 Å². The van der Waals surface area contributed by atoms with E-state index in [1.165, 1.54) is 58.2 Å². The lowest BCUT2D eigenvalue weighted by molar-refractivity contribution is 0.0205. The van der Waals surface area contributed by atoms with E-state index in [9.17, 15) is 0 Å². The van der Waals surface area contributed by atoms with E-state index in [4.69, 9.17) is 0 Å². The molecule has 2 rings (SSSR count). The first kappa shape index (κ1) is 14.3. The number of likely N-dealkylation sites (N-methyl/N-ethyl adjacent to an activating group) is 1. The van der Waals surface area contributed by atoms with E-state index < -0.39 is 0 Å². The van der Waals surface area contributed by atoms with Crippen molar-refractivity contribution in [3.05, 3.63) is 0 Å². The summed E-state index contributed by atoms with van der Waals surface area (Å²) in [7, 11) is 4.37. The Morgan fingerprint density at radius 1 is 1.17 bits per heavy atom. The Bertz CT molecular complexity index is 228. The van der Waals surface area contributed by atoms with E-state index in [0.29, 0.717) is 0 Å². The third-order valence-corrected chi connectivity index (χ3v) is 4.61. The zero-order chi connectivity index (χ0) is 13.0. The van der Waals surface area contributed by atoms with Crippen molar-refractivity contribution in [3.63, 3.8) is 0 Å². The Kier molecular flexibility index (Phi) is 5.46. The molecular formula is C15H31N3. The summed E-state index contributed by atoms with van der Waals surface area (Å²) < 4.78 is 0. The molecule has 18 heavy (non-hydrogen) atoms. The summed E-state index contributed by atoms with van der Waals surface area (Å²) >= 11 is 0. The Labute approximate surface area is 113 Å². The van der Waals surface area contributed by atoms with Crippen molar-refractivity contribution in [2.45, 2.75) is 63.6 Å².